The van der Waals surface area contributed by atoms with E-state index >= 15 is 0 Å². The predicted octanol–water partition coefficient (Wildman–Crippen LogP) is -2.07. The second-order valence-corrected chi connectivity index (χ2v) is 7.01. The second-order valence-electron chi connectivity index (χ2n) is 7.01. The van der Waals surface area contributed by atoms with Gasteiger partial charge in [0, 0.05) is 5.92 Å². The molecule has 0 amide bonds. The second kappa shape index (κ2) is 6.91. The van der Waals surface area contributed by atoms with Crippen molar-refractivity contribution in [1.29, 1.82) is 0 Å². The number of carboxylic acids is 1. The zero-order valence-corrected chi connectivity index (χ0v) is 14.3. The summed E-state index contributed by atoms with van der Waals surface area (Å²) in [5, 5.41) is 12.7. The highest BCUT2D eigenvalue weighted by molar-refractivity contribution is 6.19. The first-order valence-corrected chi connectivity index (χ1v) is 8.47. The summed E-state index contributed by atoms with van der Waals surface area (Å²) in [5.74, 6) is -4.66. The standard InChI is InChI=1S/C16H26N4O5/c1-8(18)12(22)16(13(23)10-3-2-6-20-10)9(11(21)7-17)4-5-15(16,19)14(24)25/h8-10,20H,2-7,17-19H2,1H3,(H,24,25). The molecule has 0 aromatic carbocycles. The summed E-state index contributed by atoms with van der Waals surface area (Å²) in [6.45, 7) is 1.53. The zero-order chi connectivity index (χ0) is 19.0. The Bertz CT molecular complexity index is 601. The molecule has 1 saturated heterocycles. The fraction of sp³-hybridized carbons (Fsp3) is 0.750. The van der Waals surface area contributed by atoms with Crippen LogP contribution in [0.15, 0.2) is 0 Å². The van der Waals surface area contributed by atoms with Gasteiger partial charge in [-0.25, -0.2) is 0 Å². The van der Waals surface area contributed by atoms with Gasteiger partial charge in [-0.3, -0.25) is 19.2 Å². The fourth-order valence-corrected chi connectivity index (χ4v) is 4.36. The molecule has 2 fully saturated rings. The van der Waals surface area contributed by atoms with Gasteiger partial charge in [-0.05, 0) is 39.2 Å². The zero-order valence-electron chi connectivity index (χ0n) is 14.3. The number of carboxylic acid groups (broad SMARTS) is 1. The van der Waals surface area contributed by atoms with Crippen molar-refractivity contribution in [2.45, 2.75) is 50.2 Å². The highest BCUT2D eigenvalue weighted by atomic mass is 16.4. The van der Waals surface area contributed by atoms with Crippen LogP contribution in [0.1, 0.15) is 32.6 Å². The van der Waals surface area contributed by atoms with Crippen LogP contribution >= 0.6 is 0 Å². The summed E-state index contributed by atoms with van der Waals surface area (Å²) in [5.41, 5.74) is 13.0. The maximum Gasteiger partial charge on any atom is 0.325 e. The Morgan fingerprint density at radius 2 is 1.92 bits per heavy atom. The summed E-state index contributed by atoms with van der Waals surface area (Å²) in [6.07, 6.45) is 0.996. The molecule has 0 aromatic rings. The van der Waals surface area contributed by atoms with Gasteiger partial charge >= 0.3 is 5.97 Å². The molecule has 1 aliphatic heterocycles. The van der Waals surface area contributed by atoms with E-state index in [1.54, 1.807) is 0 Å². The number of hydrogen-bond donors (Lipinski definition) is 5. The SMILES string of the molecule is CC(N)C(=O)C1(C(=O)C2CCCN2)C(C(=O)CN)CCC1(N)C(=O)O. The normalized spacial score (nSPS) is 36.2. The van der Waals surface area contributed by atoms with Crippen molar-refractivity contribution >= 4 is 23.3 Å². The summed E-state index contributed by atoms with van der Waals surface area (Å²) < 4.78 is 0. The summed E-state index contributed by atoms with van der Waals surface area (Å²) in [6, 6.07) is -1.87. The van der Waals surface area contributed by atoms with Gasteiger partial charge < -0.3 is 27.6 Å². The molecule has 5 atom stereocenters. The van der Waals surface area contributed by atoms with Crippen molar-refractivity contribution in [1.82, 2.24) is 5.32 Å². The highest BCUT2D eigenvalue weighted by Crippen LogP contribution is 2.52. The van der Waals surface area contributed by atoms with E-state index in [1.165, 1.54) is 6.92 Å². The molecule has 2 aliphatic rings. The Hall–Kier alpha value is -1.68. The first-order chi connectivity index (χ1) is 11.6. The van der Waals surface area contributed by atoms with Crippen LogP contribution in [-0.4, -0.2) is 59.1 Å². The number of rotatable bonds is 7. The number of nitrogens with two attached hydrogens (primary N) is 3. The van der Waals surface area contributed by atoms with Gasteiger partial charge in [0.15, 0.2) is 17.3 Å². The maximum absolute atomic E-state index is 13.4. The van der Waals surface area contributed by atoms with Crippen LogP contribution in [0.5, 0.6) is 0 Å². The van der Waals surface area contributed by atoms with Crippen LogP contribution in [0.3, 0.4) is 0 Å². The molecule has 0 radical (unpaired) electrons. The molecule has 1 heterocycles. The number of nitrogens with one attached hydrogen (secondary N) is 1. The number of aliphatic carboxylic acids is 1. The third-order valence-corrected chi connectivity index (χ3v) is 5.59. The highest BCUT2D eigenvalue weighted by Gasteiger charge is 2.72. The van der Waals surface area contributed by atoms with Crippen LogP contribution in [-0.2, 0) is 19.2 Å². The molecule has 9 nitrogen and oxygen atoms in total. The largest absolute Gasteiger partial charge is 0.480 e. The van der Waals surface area contributed by atoms with Crippen molar-refractivity contribution in [2.75, 3.05) is 13.1 Å². The molecule has 0 aromatic heterocycles. The van der Waals surface area contributed by atoms with Crippen LogP contribution in [0, 0.1) is 11.3 Å². The molecular formula is C16H26N4O5. The lowest BCUT2D eigenvalue weighted by molar-refractivity contribution is -0.163. The predicted molar refractivity (Wildman–Crippen MR) is 88.5 cm³/mol. The maximum atomic E-state index is 13.4. The minimum atomic E-state index is -2.20. The fourth-order valence-electron chi connectivity index (χ4n) is 4.36. The van der Waals surface area contributed by atoms with Crippen molar-refractivity contribution in [3.05, 3.63) is 0 Å². The van der Waals surface area contributed by atoms with E-state index < -0.39 is 58.8 Å². The van der Waals surface area contributed by atoms with E-state index in [1.807, 2.05) is 0 Å². The van der Waals surface area contributed by atoms with E-state index in [4.69, 9.17) is 17.2 Å². The molecule has 9 heteroatoms. The smallest absolute Gasteiger partial charge is 0.325 e. The summed E-state index contributed by atoms with van der Waals surface area (Å²) in [4.78, 5) is 51.0. The van der Waals surface area contributed by atoms with E-state index in [9.17, 15) is 24.3 Å². The van der Waals surface area contributed by atoms with Gasteiger partial charge in [0.05, 0.1) is 18.6 Å². The molecule has 1 aliphatic carbocycles. The van der Waals surface area contributed by atoms with E-state index in [0.29, 0.717) is 19.4 Å². The van der Waals surface area contributed by atoms with Crippen molar-refractivity contribution in [3.63, 3.8) is 0 Å². The monoisotopic (exact) mass is 354 g/mol. The summed E-state index contributed by atoms with van der Waals surface area (Å²) in [7, 11) is 0. The number of carbonyl (C=O) groups excluding carboxylic acids is 3. The quantitative estimate of drug-likeness (QED) is 0.321. The van der Waals surface area contributed by atoms with Crippen LogP contribution in [0.4, 0.5) is 0 Å². The molecule has 140 valence electrons. The average Bonchev–Trinajstić information content (AvgIpc) is 3.20. The number of carbonyl (C=O) groups is 4. The number of Topliss-reactive ketones (excluding diaryl/α,β-unsaturated/α-hetero) is 3. The lowest BCUT2D eigenvalue weighted by atomic mass is 9.58. The van der Waals surface area contributed by atoms with Crippen LogP contribution in [0.25, 0.3) is 0 Å². The minimum Gasteiger partial charge on any atom is -0.480 e. The Kier molecular flexibility index (Phi) is 5.43. The molecule has 5 unspecified atom stereocenters. The first kappa shape index (κ1) is 19.6. The van der Waals surface area contributed by atoms with Gasteiger partial charge in [-0.1, -0.05) is 0 Å². The minimum absolute atomic E-state index is 0.00968. The Balaban J connectivity index is 2.72. The molecule has 0 spiro atoms. The molecule has 8 N–H and O–H groups in total. The van der Waals surface area contributed by atoms with E-state index in [2.05, 4.69) is 5.32 Å². The molecule has 2 rings (SSSR count). The molecular weight excluding hydrogens is 328 g/mol. The van der Waals surface area contributed by atoms with Gasteiger partial charge in [0.25, 0.3) is 0 Å². The Labute approximate surface area is 145 Å². The van der Waals surface area contributed by atoms with Crippen LogP contribution in [0.2, 0.25) is 0 Å². The third-order valence-electron chi connectivity index (χ3n) is 5.59. The molecule has 0 bridgehead atoms. The van der Waals surface area contributed by atoms with E-state index in [-0.39, 0.29) is 12.8 Å². The Morgan fingerprint density at radius 1 is 1.28 bits per heavy atom. The van der Waals surface area contributed by atoms with Gasteiger partial charge in [0.1, 0.15) is 11.0 Å². The number of hydrogen-bond acceptors (Lipinski definition) is 8. The topological polar surface area (TPSA) is 179 Å². The van der Waals surface area contributed by atoms with Crippen molar-refractivity contribution < 1.29 is 24.3 Å². The summed E-state index contributed by atoms with van der Waals surface area (Å²) >= 11 is 0. The molecule has 25 heavy (non-hydrogen) atoms. The van der Waals surface area contributed by atoms with Crippen molar-refractivity contribution in [3.8, 4) is 0 Å². The number of ketones is 3. The van der Waals surface area contributed by atoms with E-state index in [0.717, 1.165) is 0 Å². The van der Waals surface area contributed by atoms with Crippen molar-refractivity contribution in [2.24, 2.45) is 28.5 Å². The van der Waals surface area contributed by atoms with Gasteiger partial charge in [0.2, 0.25) is 0 Å². The lowest BCUT2D eigenvalue weighted by Gasteiger charge is -2.43. The van der Waals surface area contributed by atoms with Gasteiger partial charge in [-0.2, -0.15) is 0 Å². The van der Waals surface area contributed by atoms with Crippen LogP contribution < -0.4 is 22.5 Å². The first-order valence-electron chi connectivity index (χ1n) is 8.47. The molecule has 1 saturated carbocycles. The van der Waals surface area contributed by atoms with Gasteiger partial charge in [-0.15, -0.1) is 0 Å². The third kappa shape index (κ3) is 2.71. The Morgan fingerprint density at radius 3 is 2.36 bits per heavy atom. The average molecular weight is 354 g/mol. The lowest BCUT2D eigenvalue weighted by Crippen LogP contribution is -2.71.